The Morgan fingerprint density at radius 2 is 2.08 bits per heavy atom. The number of carbonyl (C=O) groups excluding carboxylic acids is 2. The Labute approximate surface area is 140 Å². The monoisotopic (exact) mass is 320 g/mol. The maximum atomic E-state index is 12.2. The molecule has 0 saturated heterocycles. The maximum absolute atomic E-state index is 12.2. The lowest BCUT2D eigenvalue weighted by Gasteiger charge is -2.26. The van der Waals surface area contributed by atoms with E-state index in [1.807, 2.05) is 24.3 Å². The average Bonchev–Trinajstić information content (AvgIpc) is 3.08. The van der Waals surface area contributed by atoms with Crippen molar-refractivity contribution in [2.45, 2.75) is 0 Å². The molecule has 0 spiro atoms. The normalized spacial score (nSPS) is 18.6. The smallest absolute Gasteiger partial charge is 0.272 e. The summed E-state index contributed by atoms with van der Waals surface area (Å²) in [5, 5.41) is 8.68. The van der Waals surface area contributed by atoms with Gasteiger partial charge in [-0.3, -0.25) is 14.6 Å². The molecule has 0 N–H and O–H groups in total. The largest absolute Gasteiger partial charge is 0.328 e. The summed E-state index contributed by atoms with van der Waals surface area (Å²) in [6.07, 6.45) is 5.35. The molecule has 2 amide bonds. The van der Waals surface area contributed by atoms with Crippen molar-refractivity contribution in [1.29, 1.82) is 5.26 Å². The molecule has 0 radical (unpaired) electrons. The molecule has 0 saturated carbocycles. The third-order valence-corrected chi connectivity index (χ3v) is 4.11. The second kappa shape index (κ2) is 6.13. The van der Waals surface area contributed by atoms with Crippen molar-refractivity contribution in [2.75, 3.05) is 20.6 Å². The molecule has 1 aromatic carbocycles. The highest BCUT2D eigenvalue weighted by molar-refractivity contribution is 6.44. The summed E-state index contributed by atoms with van der Waals surface area (Å²) < 4.78 is 0. The third kappa shape index (κ3) is 2.61. The Hall–Kier alpha value is -3.20. The van der Waals surface area contributed by atoms with Crippen LogP contribution in [0.4, 0.5) is 0 Å². The lowest BCUT2D eigenvalue weighted by molar-refractivity contribution is -0.121. The van der Waals surface area contributed by atoms with Gasteiger partial charge in [0.2, 0.25) is 0 Å². The van der Waals surface area contributed by atoms with Gasteiger partial charge in [0.05, 0.1) is 12.0 Å². The molecule has 1 atom stereocenters. The summed E-state index contributed by atoms with van der Waals surface area (Å²) in [5.41, 5.74) is 2.93. The van der Waals surface area contributed by atoms with E-state index in [1.165, 1.54) is 9.80 Å². The van der Waals surface area contributed by atoms with Crippen LogP contribution in [0, 0.1) is 17.2 Å². The van der Waals surface area contributed by atoms with E-state index < -0.39 is 0 Å². The molecule has 0 fully saturated rings. The number of fused-ring (bicyclic) bond motifs is 1. The second-order valence-electron chi connectivity index (χ2n) is 5.73. The van der Waals surface area contributed by atoms with Crippen LogP contribution in [0.25, 0.3) is 5.57 Å². The van der Waals surface area contributed by atoms with Crippen LogP contribution >= 0.6 is 0 Å². The third-order valence-electron chi connectivity index (χ3n) is 4.11. The van der Waals surface area contributed by atoms with Crippen LogP contribution in [-0.2, 0) is 4.79 Å². The van der Waals surface area contributed by atoms with Crippen molar-refractivity contribution in [3.8, 4) is 6.07 Å². The van der Waals surface area contributed by atoms with Gasteiger partial charge in [-0.25, -0.2) is 0 Å². The predicted octanol–water partition coefficient (Wildman–Crippen LogP) is 1.68. The van der Waals surface area contributed by atoms with E-state index in [1.54, 1.807) is 38.6 Å². The van der Waals surface area contributed by atoms with Gasteiger partial charge in [0, 0.05) is 32.1 Å². The molecular weight excluding hydrogens is 304 g/mol. The van der Waals surface area contributed by atoms with Crippen molar-refractivity contribution < 1.29 is 9.59 Å². The Balaban J connectivity index is 1.89. The van der Waals surface area contributed by atoms with Gasteiger partial charge in [-0.05, 0) is 23.3 Å². The predicted molar refractivity (Wildman–Crippen MR) is 89.8 cm³/mol. The van der Waals surface area contributed by atoms with Crippen LogP contribution in [0.15, 0.2) is 47.7 Å². The SMILES string of the molecule is CN1C=C(c2ccc(C(=O)N(C)CC#N)cc2)C2C=CN=C2C1=O. The number of hydrogen-bond acceptors (Lipinski definition) is 4. The zero-order chi connectivity index (χ0) is 17.3. The number of nitrogens with zero attached hydrogens (tertiary/aromatic N) is 4. The Morgan fingerprint density at radius 1 is 1.38 bits per heavy atom. The van der Waals surface area contributed by atoms with Gasteiger partial charge in [-0.2, -0.15) is 5.26 Å². The van der Waals surface area contributed by atoms with E-state index in [0.717, 1.165) is 11.1 Å². The molecule has 6 nitrogen and oxygen atoms in total. The van der Waals surface area contributed by atoms with Crippen molar-refractivity contribution in [3.05, 3.63) is 53.9 Å². The number of aliphatic imine (C=N–C) groups is 1. The molecule has 2 heterocycles. The van der Waals surface area contributed by atoms with Crippen molar-refractivity contribution in [3.63, 3.8) is 0 Å². The highest BCUT2D eigenvalue weighted by Crippen LogP contribution is 2.33. The molecular formula is C18H16N4O2. The highest BCUT2D eigenvalue weighted by atomic mass is 16.2. The molecule has 120 valence electrons. The summed E-state index contributed by atoms with van der Waals surface area (Å²) in [7, 11) is 3.30. The molecule has 2 aliphatic heterocycles. The first-order chi connectivity index (χ1) is 11.5. The van der Waals surface area contributed by atoms with Gasteiger partial charge in [-0.1, -0.05) is 18.2 Å². The van der Waals surface area contributed by atoms with Crippen molar-refractivity contribution in [1.82, 2.24) is 9.80 Å². The van der Waals surface area contributed by atoms with Crippen molar-refractivity contribution >= 4 is 23.1 Å². The molecule has 3 rings (SSSR count). The number of amides is 2. The number of allylic oxidation sites excluding steroid dienone is 2. The molecule has 1 aromatic rings. The molecule has 24 heavy (non-hydrogen) atoms. The van der Waals surface area contributed by atoms with Gasteiger partial charge in [-0.15, -0.1) is 0 Å². The standard InChI is InChI=1S/C18H16N4O2/c1-21(10-8-19)17(23)13-5-3-12(4-6-13)15-11-22(2)18(24)16-14(15)7-9-20-16/h3-7,9,11,14H,10H2,1-2H3. The molecule has 0 bridgehead atoms. The fourth-order valence-electron chi connectivity index (χ4n) is 2.81. The van der Waals surface area contributed by atoms with Crippen LogP contribution in [0.1, 0.15) is 15.9 Å². The molecule has 2 aliphatic rings. The number of benzene rings is 1. The lowest BCUT2D eigenvalue weighted by Crippen LogP contribution is -2.37. The number of hydrogen-bond donors (Lipinski definition) is 0. The van der Waals surface area contributed by atoms with Crippen LogP contribution in [-0.4, -0.2) is 48.0 Å². The van der Waals surface area contributed by atoms with Crippen molar-refractivity contribution in [2.24, 2.45) is 10.9 Å². The van der Waals surface area contributed by atoms with Gasteiger partial charge in [0.1, 0.15) is 12.3 Å². The van der Waals surface area contributed by atoms with Gasteiger partial charge in [0.25, 0.3) is 11.8 Å². The van der Waals surface area contributed by atoms with E-state index in [9.17, 15) is 9.59 Å². The van der Waals surface area contributed by atoms with E-state index >= 15 is 0 Å². The molecule has 0 aromatic heterocycles. The second-order valence-corrected chi connectivity index (χ2v) is 5.73. The molecule has 1 unspecified atom stereocenters. The average molecular weight is 320 g/mol. The number of nitriles is 1. The van der Waals surface area contributed by atoms with Crippen LogP contribution < -0.4 is 0 Å². The minimum absolute atomic E-state index is 0.0470. The Bertz CT molecular complexity index is 828. The summed E-state index contributed by atoms with van der Waals surface area (Å²) in [6, 6.07) is 9.13. The zero-order valence-electron chi connectivity index (χ0n) is 13.4. The van der Waals surface area contributed by atoms with Gasteiger partial charge < -0.3 is 9.80 Å². The molecule has 6 heteroatoms. The number of carbonyl (C=O) groups is 2. The summed E-state index contributed by atoms with van der Waals surface area (Å²) in [6.45, 7) is 0.0470. The fraction of sp³-hybridized carbons (Fsp3) is 0.222. The molecule has 0 aliphatic carbocycles. The lowest BCUT2D eigenvalue weighted by atomic mass is 9.87. The first kappa shape index (κ1) is 15.7. The summed E-state index contributed by atoms with van der Waals surface area (Å²) in [4.78, 5) is 31.3. The van der Waals surface area contributed by atoms with Gasteiger partial charge in [0.15, 0.2) is 0 Å². The zero-order valence-corrected chi connectivity index (χ0v) is 13.4. The summed E-state index contributed by atoms with van der Waals surface area (Å²) >= 11 is 0. The van der Waals surface area contributed by atoms with Gasteiger partial charge >= 0.3 is 0 Å². The quantitative estimate of drug-likeness (QED) is 0.795. The van der Waals surface area contributed by atoms with E-state index in [-0.39, 0.29) is 24.3 Å². The van der Waals surface area contributed by atoms with Crippen LogP contribution in [0.3, 0.4) is 0 Å². The Morgan fingerprint density at radius 3 is 2.75 bits per heavy atom. The minimum Gasteiger partial charge on any atom is -0.328 e. The Kier molecular flexibility index (Phi) is 4.00. The first-order valence-electron chi connectivity index (χ1n) is 7.49. The van der Waals surface area contributed by atoms with E-state index in [2.05, 4.69) is 4.99 Å². The fourth-order valence-corrected chi connectivity index (χ4v) is 2.81. The van der Waals surface area contributed by atoms with Crippen LogP contribution in [0.2, 0.25) is 0 Å². The topological polar surface area (TPSA) is 76.8 Å². The van der Waals surface area contributed by atoms with E-state index in [4.69, 9.17) is 5.26 Å². The first-order valence-corrected chi connectivity index (χ1v) is 7.49. The maximum Gasteiger partial charge on any atom is 0.272 e. The van der Waals surface area contributed by atoms with Crippen LogP contribution in [0.5, 0.6) is 0 Å². The minimum atomic E-state index is -0.198. The van der Waals surface area contributed by atoms with E-state index in [0.29, 0.717) is 11.3 Å². The number of rotatable bonds is 3. The highest BCUT2D eigenvalue weighted by Gasteiger charge is 2.33. The summed E-state index contributed by atoms with van der Waals surface area (Å²) in [5.74, 6) is -0.439.